The van der Waals surface area contributed by atoms with Crippen molar-refractivity contribution in [2.75, 3.05) is 24.2 Å². The summed E-state index contributed by atoms with van der Waals surface area (Å²) in [5.74, 6) is -0.794. The minimum atomic E-state index is -3.62. The van der Waals surface area contributed by atoms with Crippen molar-refractivity contribution in [3.05, 3.63) is 24.0 Å². The third-order valence-electron chi connectivity index (χ3n) is 4.28. The smallest absolute Gasteiger partial charge is 0.399 e. The summed E-state index contributed by atoms with van der Waals surface area (Å²) in [7, 11) is -2.98. The molecule has 0 bridgehead atoms. The van der Waals surface area contributed by atoms with Crippen molar-refractivity contribution in [3.63, 3.8) is 0 Å². The van der Waals surface area contributed by atoms with Crippen LogP contribution in [0, 0.1) is 5.82 Å². The Morgan fingerprint density at radius 1 is 1.17 bits per heavy atom. The van der Waals surface area contributed by atoms with E-state index >= 15 is 0 Å². The molecule has 9 heteroatoms. The molecule has 0 aromatic heterocycles. The Morgan fingerprint density at radius 2 is 1.75 bits per heavy atom. The molecule has 0 saturated carbocycles. The molecule has 0 unspecified atom stereocenters. The first-order valence-electron chi connectivity index (χ1n) is 7.61. The minimum absolute atomic E-state index is 0.0503. The summed E-state index contributed by atoms with van der Waals surface area (Å²) in [6.07, 6.45) is 0. The quantitative estimate of drug-likeness (QED) is 0.780. The number of ether oxygens (including phenoxy) is 1. The van der Waals surface area contributed by atoms with Gasteiger partial charge in [-0.2, -0.15) is 0 Å². The van der Waals surface area contributed by atoms with E-state index in [1.54, 1.807) is 0 Å². The van der Waals surface area contributed by atoms with E-state index in [1.165, 1.54) is 19.2 Å². The van der Waals surface area contributed by atoms with Gasteiger partial charge in [-0.25, -0.2) is 12.8 Å². The second-order valence-electron chi connectivity index (χ2n) is 6.78. The number of methoxy groups -OCH3 is 1. The summed E-state index contributed by atoms with van der Waals surface area (Å²) in [5.41, 5.74) is -0.599. The van der Waals surface area contributed by atoms with Crippen LogP contribution in [0.2, 0.25) is 0 Å². The lowest BCUT2D eigenvalue weighted by molar-refractivity contribution is 0.00578. The van der Waals surface area contributed by atoms with E-state index in [0.717, 1.165) is 6.07 Å². The summed E-state index contributed by atoms with van der Waals surface area (Å²) in [6.45, 7) is 7.61. The predicted octanol–water partition coefficient (Wildman–Crippen LogP) is 1.51. The lowest BCUT2D eigenvalue weighted by atomic mass is 9.79. The van der Waals surface area contributed by atoms with E-state index in [0.29, 0.717) is 5.46 Å². The van der Waals surface area contributed by atoms with Gasteiger partial charge >= 0.3 is 7.12 Å². The fraction of sp³-hybridized carbons (Fsp3) is 0.600. The molecule has 6 nitrogen and oxygen atoms in total. The summed E-state index contributed by atoms with van der Waals surface area (Å²) in [4.78, 5) is 0. The van der Waals surface area contributed by atoms with Crippen LogP contribution in [0.1, 0.15) is 27.7 Å². The Kier molecular flexibility index (Phi) is 5.29. The van der Waals surface area contributed by atoms with Crippen LogP contribution < -0.4 is 10.2 Å². The largest absolute Gasteiger partial charge is 0.495 e. The van der Waals surface area contributed by atoms with Crippen molar-refractivity contribution < 1.29 is 26.9 Å². The molecular weight excluding hydrogens is 336 g/mol. The number of nitrogens with one attached hydrogen (secondary N) is 1. The van der Waals surface area contributed by atoms with Crippen molar-refractivity contribution >= 4 is 28.3 Å². The highest BCUT2D eigenvalue weighted by Gasteiger charge is 2.51. The molecule has 1 aromatic rings. The summed E-state index contributed by atoms with van der Waals surface area (Å²) >= 11 is 0. The molecule has 134 valence electrons. The van der Waals surface area contributed by atoms with E-state index in [1.807, 2.05) is 27.7 Å². The third kappa shape index (κ3) is 4.27. The van der Waals surface area contributed by atoms with E-state index < -0.39 is 34.2 Å². The van der Waals surface area contributed by atoms with Crippen LogP contribution in [-0.4, -0.2) is 46.2 Å². The number of rotatable bonds is 6. The molecule has 0 atom stereocenters. The average Bonchev–Trinajstić information content (AvgIpc) is 2.64. The molecule has 0 radical (unpaired) electrons. The predicted molar refractivity (Wildman–Crippen MR) is 91.4 cm³/mol. The molecule has 1 aliphatic heterocycles. The van der Waals surface area contributed by atoms with Crippen LogP contribution in [0.5, 0.6) is 0 Å². The van der Waals surface area contributed by atoms with Crippen LogP contribution in [0.15, 0.2) is 18.2 Å². The number of anilines is 1. The number of sulfonamides is 1. The highest BCUT2D eigenvalue weighted by molar-refractivity contribution is 7.92. The van der Waals surface area contributed by atoms with E-state index in [-0.39, 0.29) is 18.0 Å². The van der Waals surface area contributed by atoms with Crippen molar-refractivity contribution in [3.8, 4) is 0 Å². The Morgan fingerprint density at radius 3 is 2.29 bits per heavy atom. The van der Waals surface area contributed by atoms with Gasteiger partial charge in [-0.15, -0.1) is 0 Å². The van der Waals surface area contributed by atoms with Crippen LogP contribution >= 0.6 is 0 Å². The van der Waals surface area contributed by atoms with Crippen molar-refractivity contribution in [2.45, 2.75) is 38.9 Å². The zero-order valence-corrected chi connectivity index (χ0v) is 15.4. The summed E-state index contributed by atoms with van der Waals surface area (Å²) in [5, 5.41) is 0. The normalized spacial score (nSPS) is 19.5. The Bertz CT molecular complexity index is 692. The van der Waals surface area contributed by atoms with Gasteiger partial charge in [0.2, 0.25) is 10.0 Å². The van der Waals surface area contributed by atoms with Gasteiger partial charge in [0.15, 0.2) is 0 Å². The monoisotopic (exact) mass is 359 g/mol. The van der Waals surface area contributed by atoms with Crippen LogP contribution in [0.25, 0.3) is 0 Å². The first-order valence-corrected chi connectivity index (χ1v) is 9.26. The highest BCUT2D eigenvalue weighted by Crippen LogP contribution is 2.36. The number of benzene rings is 1. The second-order valence-corrected chi connectivity index (χ2v) is 8.62. The number of hydrogen-bond donors (Lipinski definition) is 1. The number of halogens is 1. The average molecular weight is 359 g/mol. The SMILES string of the molecule is COCCS(=O)(=O)Nc1cc(F)cc(B2OC(C)(C)C(C)(C)O2)c1. The molecule has 1 aromatic carbocycles. The maximum Gasteiger partial charge on any atom is 0.495 e. The fourth-order valence-electron chi connectivity index (χ4n) is 2.21. The molecule has 0 aliphatic carbocycles. The van der Waals surface area contributed by atoms with Crippen LogP contribution in [0.3, 0.4) is 0 Å². The molecular formula is C15H23BFNO5S. The second kappa shape index (κ2) is 6.63. The lowest BCUT2D eigenvalue weighted by Gasteiger charge is -2.32. The molecule has 24 heavy (non-hydrogen) atoms. The van der Waals surface area contributed by atoms with Crippen LogP contribution in [0.4, 0.5) is 10.1 Å². The zero-order valence-electron chi connectivity index (χ0n) is 14.6. The maximum atomic E-state index is 13.9. The molecule has 1 saturated heterocycles. The maximum absolute atomic E-state index is 13.9. The summed E-state index contributed by atoms with van der Waals surface area (Å²) in [6, 6.07) is 3.89. The van der Waals surface area contributed by atoms with E-state index in [4.69, 9.17) is 14.0 Å². The summed E-state index contributed by atoms with van der Waals surface area (Å²) < 4.78 is 56.6. The van der Waals surface area contributed by atoms with Gasteiger partial charge < -0.3 is 14.0 Å². The van der Waals surface area contributed by atoms with Crippen LogP contribution in [-0.2, 0) is 24.1 Å². The Balaban J connectivity index is 2.24. The standard InChI is InChI=1S/C15H23BFNO5S/c1-14(2)15(3,4)23-16(22-14)11-8-12(17)10-13(9-11)18-24(19,20)7-6-21-5/h8-10,18H,6-7H2,1-5H3. The Hall–Kier alpha value is -1.16. The Labute approximate surface area is 142 Å². The fourth-order valence-corrected chi connectivity index (χ4v) is 3.18. The molecule has 2 rings (SSSR count). The van der Waals surface area contributed by atoms with Crippen molar-refractivity contribution in [2.24, 2.45) is 0 Å². The minimum Gasteiger partial charge on any atom is -0.399 e. The van der Waals surface area contributed by atoms with Gasteiger partial charge in [-0.1, -0.05) is 0 Å². The van der Waals surface area contributed by atoms with E-state index in [9.17, 15) is 12.8 Å². The lowest BCUT2D eigenvalue weighted by Crippen LogP contribution is -2.41. The van der Waals surface area contributed by atoms with Gasteiger partial charge in [-0.05, 0) is 51.4 Å². The molecule has 0 amide bonds. The molecule has 0 spiro atoms. The van der Waals surface area contributed by atoms with Gasteiger partial charge in [0.25, 0.3) is 0 Å². The number of hydrogen-bond acceptors (Lipinski definition) is 5. The zero-order chi connectivity index (χ0) is 18.2. The van der Waals surface area contributed by atoms with Crippen molar-refractivity contribution in [1.82, 2.24) is 0 Å². The first-order chi connectivity index (χ1) is 11.0. The van der Waals surface area contributed by atoms with Gasteiger partial charge in [-0.3, -0.25) is 4.72 Å². The molecule has 1 aliphatic rings. The van der Waals surface area contributed by atoms with Crippen molar-refractivity contribution in [1.29, 1.82) is 0 Å². The highest BCUT2D eigenvalue weighted by atomic mass is 32.2. The topological polar surface area (TPSA) is 73.9 Å². The van der Waals surface area contributed by atoms with E-state index in [2.05, 4.69) is 4.72 Å². The van der Waals surface area contributed by atoms with Gasteiger partial charge in [0.05, 0.1) is 29.2 Å². The molecule has 1 N–H and O–H groups in total. The first kappa shape index (κ1) is 19.2. The molecule has 1 heterocycles. The molecule has 1 fully saturated rings. The van der Waals surface area contributed by atoms with Gasteiger partial charge in [0, 0.05) is 7.11 Å². The third-order valence-corrected chi connectivity index (χ3v) is 5.53. The van der Waals surface area contributed by atoms with Gasteiger partial charge in [0.1, 0.15) is 5.82 Å².